The number of nitrogens with zero attached hydrogens (tertiary/aromatic N) is 2. The molecule has 3 aromatic rings. The van der Waals surface area contributed by atoms with Crippen molar-refractivity contribution < 1.29 is 23.1 Å². The van der Waals surface area contributed by atoms with Crippen LogP contribution in [0.25, 0.3) is 5.76 Å². The Morgan fingerprint density at radius 2 is 1.56 bits per heavy atom. The molecule has 32 heavy (non-hydrogen) atoms. The maximum Gasteiger partial charge on any atom is 0.300 e. The van der Waals surface area contributed by atoms with E-state index in [4.69, 9.17) is 5.14 Å². The minimum Gasteiger partial charge on any atom is -0.507 e. The number of hydrogen-bond donors (Lipinski definition) is 2. The topological polar surface area (TPSA) is 131 Å². The lowest BCUT2D eigenvalue weighted by molar-refractivity contribution is -0.132. The van der Waals surface area contributed by atoms with Crippen molar-refractivity contribution >= 4 is 33.2 Å². The molecular weight excluding hydrogens is 430 g/mol. The smallest absolute Gasteiger partial charge is 0.300 e. The maximum atomic E-state index is 13.0. The van der Waals surface area contributed by atoms with E-state index in [1.54, 1.807) is 36.4 Å². The molecule has 4 rings (SSSR count). The molecule has 1 saturated heterocycles. The number of pyridine rings is 1. The number of aliphatic hydroxyl groups excluding tert-OH is 1. The number of primary sulfonamides is 1. The first-order chi connectivity index (χ1) is 15.2. The SMILES string of the molecule is Cc1ccc(/C(O)=C2\C(=O)C(=O)N(c3ccc(S(N)(=O)=O)cc3)C2c2ccncc2)cc1. The van der Waals surface area contributed by atoms with Gasteiger partial charge in [0.15, 0.2) is 0 Å². The van der Waals surface area contributed by atoms with Gasteiger partial charge < -0.3 is 5.11 Å². The van der Waals surface area contributed by atoms with E-state index in [1.165, 1.54) is 41.6 Å². The number of hydrogen-bond acceptors (Lipinski definition) is 6. The number of nitrogens with two attached hydrogens (primary N) is 1. The van der Waals surface area contributed by atoms with E-state index >= 15 is 0 Å². The molecule has 9 heteroatoms. The molecule has 3 N–H and O–H groups in total. The number of aliphatic hydroxyl groups is 1. The zero-order valence-corrected chi connectivity index (χ0v) is 17.8. The highest BCUT2D eigenvalue weighted by Crippen LogP contribution is 2.42. The highest BCUT2D eigenvalue weighted by molar-refractivity contribution is 7.89. The van der Waals surface area contributed by atoms with Crippen LogP contribution >= 0.6 is 0 Å². The van der Waals surface area contributed by atoms with Crippen molar-refractivity contribution in [1.82, 2.24) is 4.98 Å². The summed E-state index contributed by atoms with van der Waals surface area (Å²) < 4.78 is 23.2. The number of sulfonamides is 1. The summed E-state index contributed by atoms with van der Waals surface area (Å²) in [5.41, 5.74) is 2.15. The highest BCUT2D eigenvalue weighted by atomic mass is 32.2. The van der Waals surface area contributed by atoms with Crippen LogP contribution in [0.3, 0.4) is 0 Å². The lowest BCUT2D eigenvalue weighted by Crippen LogP contribution is -2.29. The summed E-state index contributed by atoms with van der Waals surface area (Å²) in [5.74, 6) is -1.99. The second kappa shape index (κ2) is 8.03. The van der Waals surface area contributed by atoms with E-state index < -0.39 is 27.8 Å². The van der Waals surface area contributed by atoms with Crippen LogP contribution in [0.4, 0.5) is 5.69 Å². The van der Waals surface area contributed by atoms with Gasteiger partial charge in [0.1, 0.15) is 5.76 Å². The van der Waals surface area contributed by atoms with Gasteiger partial charge in [-0.05, 0) is 48.9 Å². The first-order valence-corrected chi connectivity index (χ1v) is 11.1. The largest absolute Gasteiger partial charge is 0.507 e. The number of amides is 1. The van der Waals surface area contributed by atoms with Gasteiger partial charge >= 0.3 is 0 Å². The summed E-state index contributed by atoms with van der Waals surface area (Å²) in [7, 11) is -3.92. The molecule has 0 saturated carbocycles. The van der Waals surface area contributed by atoms with Gasteiger partial charge in [0.2, 0.25) is 10.0 Å². The number of ketones is 1. The van der Waals surface area contributed by atoms with Crippen LogP contribution in [0.2, 0.25) is 0 Å². The summed E-state index contributed by atoms with van der Waals surface area (Å²) >= 11 is 0. The molecule has 1 atom stereocenters. The fourth-order valence-electron chi connectivity index (χ4n) is 3.62. The van der Waals surface area contributed by atoms with E-state index in [0.717, 1.165) is 5.56 Å². The predicted octanol–water partition coefficient (Wildman–Crippen LogP) is 2.66. The third-order valence-corrected chi connectivity index (χ3v) is 6.16. The van der Waals surface area contributed by atoms with Crippen molar-refractivity contribution in [3.63, 3.8) is 0 Å². The summed E-state index contributed by atoms with van der Waals surface area (Å²) in [5, 5.41) is 16.2. The van der Waals surface area contributed by atoms with E-state index in [0.29, 0.717) is 11.1 Å². The second-order valence-electron chi connectivity index (χ2n) is 7.35. The Labute approximate surface area is 184 Å². The van der Waals surface area contributed by atoms with Crippen molar-refractivity contribution in [3.8, 4) is 0 Å². The van der Waals surface area contributed by atoms with Crippen LogP contribution in [0.1, 0.15) is 22.7 Å². The molecule has 1 amide bonds. The highest BCUT2D eigenvalue weighted by Gasteiger charge is 2.47. The van der Waals surface area contributed by atoms with Crippen LogP contribution < -0.4 is 10.0 Å². The fraction of sp³-hybridized carbons (Fsp3) is 0.0870. The molecule has 1 aliphatic rings. The number of aryl methyl sites for hydroxylation is 1. The van der Waals surface area contributed by atoms with Gasteiger partial charge in [0.05, 0.1) is 16.5 Å². The molecule has 1 unspecified atom stereocenters. The number of benzene rings is 2. The lowest BCUT2D eigenvalue weighted by atomic mass is 9.95. The second-order valence-corrected chi connectivity index (χ2v) is 8.92. The molecule has 0 bridgehead atoms. The van der Waals surface area contributed by atoms with Gasteiger partial charge in [-0.1, -0.05) is 29.8 Å². The molecule has 1 aromatic heterocycles. The first-order valence-electron chi connectivity index (χ1n) is 9.59. The van der Waals surface area contributed by atoms with E-state index in [-0.39, 0.29) is 21.9 Å². The van der Waals surface area contributed by atoms with E-state index in [9.17, 15) is 23.1 Å². The van der Waals surface area contributed by atoms with Crippen LogP contribution in [0.5, 0.6) is 0 Å². The zero-order valence-electron chi connectivity index (χ0n) is 17.0. The quantitative estimate of drug-likeness (QED) is 0.358. The average Bonchev–Trinajstić information content (AvgIpc) is 3.04. The normalized spacial score (nSPS) is 18.2. The Morgan fingerprint density at radius 3 is 2.12 bits per heavy atom. The summed E-state index contributed by atoms with van der Waals surface area (Å²) in [6, 6.07) is 14.6. The lowest BCUT2D eigenvalue weighted by Gasteiger charge is -2.25. The monoisotopic (exact) mass is 449 g/mol. The molecule has 8 nitrogen and oxygen atoms in total. The van der Waals surface area contributed by atoms with Gasteiger partial charge in [-0.15, -0.1) is 0 Å². The van der Waals surface area contributed by atoms with Crippen LogP contribution in [0.15, 0.2) is 83.5 Å². The molecule has 1 fully saturated rings. The Hall–Kier alpha value is -3.82. The van der Waals surface area contributed by atoms with Gasteiger partial charge in [0, 0.05) is 23.6 Å². The van der Waals surface area contributed by atoms with Crippen molar-refractivity contribution in [3.05, 3.63) is 95.3 Å². The van der Waals surface area contributed by atoms with Gasteiger partial charge in [-0.2, -0.15) is 0 Å². The average molecular weight is 449 g/mol. The zero-order chi connectivity index (χ0) is 23.0. The standard InChI is InChI=1S/C23H19N3O5S/c1-14-2-4-16(5-3-14)21(27)19-20(15-10-12-25-13-11-15)26(23(29)22(19)28)17-6-8-18(9-7-17)32(24,30)31/h2-13,20,27H,1H3,(H2,24,30,31)/b21-19+. The number of carbonyl (C=O) groups is 2. The maximum absolute atomic E-state index is 13.0. The van der Waals surface area contributed by atoms with Crippen molar-refractivity contribution in [1.29, 1.82) is 0 Å². The molecular formula is C23H19N3O5S. The molecule has 2 heterocycles. The van der Waals surface area contributed by atoms with E-state index in [1.807, 2.05) is 6.92 Å². The number of carbonyl (C=O) groups excluding carboxylic acids is 2. The van der Waals surface area contributed by atoms with Crippen molar-refractivity contribution in [2.45, 2.75) is 17.9 Å². The summed E-state index contributed by atoms with van der Waals surface area (Å²) in [6.07, 6.45) is 3.04. The number of rotatable bonds is 4. The third-order valence-electron chi connectivity index (χ3n) is 5.23. The molecule has 1 aliphatic heterocycles. The number of aromatic nitrogens is 1. The molecule has 0 aliphatic carbocycles. The number of anilines is 1. The molecule has 0 radical (unpaired) electrons. The van der Waals surface area contributed by atoms with Crippen molar-refractivity contribution in [2.24, 2.45) is 5.14 Å². The summed E-state index contributed by atoms with van der Waals surface area (Å²) in [4.78, 5) is 31.2. The molecule has 162 valence electrons. The molecule has 2 aromatic carbocycles. The minimum atomic E-state index is -3.92. The first kappa shape index (κ1) is 21.4. The Morgan fingerprint density at radius 1 is 0.969 bits per heavy atom. The Balaban J connectivity index is 1.90. The van der Waals surface area contributed by atoms with Gasteiger partial charge in [-0.25, -0.2) is 13.6 Å². The van der Waals surface area contributed by atoms with Gasteiger partial charge in [0.25, 0.3) is 11.7 Å². The molecule has 0 spiro atoms. The predicted molar refractivity (Wildman–Crippen MR) is 118 cm³/mol. The Kier molecular flexibility index (Phi) is 5.37. The summed E-state index contributed by atoms with van der Waals surface area (Å²) in [6.45, 7) is 1.89. The fourth-order valence-corrected chi connectivity index (χ4v) is 4.14. The third kappa shape index (κ3) is 3.79. The van der Waals surface area contributed by atoms with Gasteiger partial charge in [-0.3, -0.25) is 19.5 Å². The van der Waals surface area contributed by atoms with Crippen LogP contribution in [-0.2, 0) is 19.6 Å². The van der Waals surface area contributed by atoms with Crippen LogP contribution in [0, 0.1) is 6.92 Å². The van der Waals surface area contributed by atoms with Crippen LogP contribution in [-0.4, -0.2) is 30.2 Å². The van der Waals surface area contributed by atoms with Crippen molar-refractivity contribution in [2.75, 3.05) is 4.90 Å². The van der Waals surface area contributed by atoms with E-state index in [2.05, 4.69) is 4.98 Å². The number of Topliss-reactive ketones (excluding diaryl/α,β-unsaturated/α-hetero) is 1. The minimum absolute atomic E-state index is 0.0689. The Bertz CT molecular complexity index is 1330.